The molecule has 8 bridgehead atoms. The maximum absolute atomic E-state index is 13.3. The maximum atomic E-state index is 13.3. The minimum Gasteiger partial charge on any atom is -0.480 e. The Labute approximate surface area is 216 Å². The van der Waals surface area contributed by atoms with E-state index in [0.29, 0.717) is 6.54 Å². The predicted molar refractivity (Wildman–Crippen MR) is 143 cm³/mol. The van der Waals surface area contributed by atoms with E-state index in [1.54, 1.807) is 47.5 Å². The van der Waals surface area contributed by atoms with Gasteiger partial charge in [-0.05, 0) is 54.1 Å². The number of rotatable bonds is 1. The molecule has 5 heterocycles. The van der Waals surface area contributed by atoms with Crippen LogP contribution in [0.25, 0.3) is 10.5 Å². The number of pyridine rings is 1. The van der Waals surface area contributed by atoms with Crippen molar-refractivity contribution in [3.05, 3.63) is 81.7 Å². The van der Waals surface area contributed by atoms with Gasteiger partial charge in [0.1, 0.15) is 5.69 Å². The predicted octanol–water partition coefficient (Wildman–Crippen LogP) is 4.19. The molecule has 182 valence electrons. The molecular weight excluding hydrogens is 517 g/mol. The van der Waals surface area contributed by atoms with Crippen LogP contribution in [0.2, 0.25) is 0 Å². The molecule has 0 saturated heterocycles. The summed E-state index contributed by atoms with van der Waals surface area (Å²) in [5.74, 6) is -0.204. The molecule has 0 fully saturated rings. The van der Waals surface area contributed by atoms with Crippen LogP contribution >= 0.6 is 23.1 Å². The number of ether oxygens (including phenoxy) is 1. The Bertz CT molecular complexity index is 1590. The summed E-state index contributed by atoms with van der Waals surface area (Å²) < 4.78 is 34.4. The van der Waals surface area contributed by atoms with Gasteiger partial charge in [0.15, 0.2) is 0 Å². The number of dihydropyridines is 1. The van der Waals surface area contributed by atoms with E-state index in [-0.39, 0.29) is 39.2 Å². The lowest BCUT2D eigenvalue weighted by Gasteiger charge is -2.21. The number of carbonyl (C=O) groups excluding carboxylic acids is 1. The van der Waals surface area contributed by atoms with Gasteiger partial charge in [0, 0.05) is 38.2 Å². The molecule has 2 N–H and O–H groups in total. The van der Waals surface area contributed by atoms with E-state index >= 15 is 0 Å². The number of methoxy groups -OCH3 is 1. The second kappa shape index (κ2) is 8.91. The molecule has 0 saturated carbocycles. The zero-order chi connectivity index (χ0) is 24.9. The first-order valence-electron chi connectivity index (χ1n) is 11.1. The Balaban J connectivity index is 1.48. The van der Waals surface area contributed by atoms with Crippen LogP contribution in [0.1, 0.15) is 25.7 Å². The summed E-state index contributed by atoms with van der Waals surface area (Å²) in [6.07, 6.45) is 7.63. The average Bonchev–Trinajstić information content (AvgIpc) is 3.54. The molecule has 36 heavy (non-hydrogen) atoms. The summed E-state index contributed by atoms with van der Waals surface area (Å²) in [6.45, 7) is 0.346. The second-order valence-electron chi connectivity index (χ2n) is 8.34. The monoisotopic (exact) mass is 536 g/mol. The summed E-state index contributed by atoms with van der Waals surface area (Å²) in [4.78, 5) is 24.9. The zero-order valence-corrected chi connectivity index (χ0v) is 21.4. The second-order valence-corrected chi connectivity index (χ2v) is 12.4. The van der Waals surface area contributed by atoms with Gasteiger partial charge in [-0.2, -0.15) is 0 Å². The molecule has 1 amide bonds. The molecule has 3 aromatic rings. The molecule has 2 aromatic heterocycles. The third kappa shape index (κ3) is 4.12. The van der Waals surface area contributed by atoms with Gasteiger partial charge in [-0.3, -0.25) is 14.5 Å². The fourth-order valence-electron chi connectivity index (χ4n) is 4.29. The highest BCUT2D eigenvalue weighted by Crippen LogP contribution is 2.48. The van der Waals surface area contributed by atoms with Gasteiger partial charge in [0.25, 0.3) is 15.9 Å². The third-order valence-electron chi connectivity index (χ3n) is 6.05. The van der Waals surface area contributed by atoms with Crippen LogP contribution in [0.5, 0.6) is 5.88 Å². The summed E-state index contributed by atoms with van der Waals surface area (Å²) in [5, 5.41) is 2.98. The number of thiophene rings is 1. The number of nitrogens with zero attached hydrogens (tertiary/aromatic N) is 2. The number of nitrogens with one attached hydrogen (secondary N) is 2. The van der Waals surface area contributed by atoms with E-state index in [0.717, 1.165) is 20.2 Å². The summed E-state index contributed by atoms with van der Waals surface area (Å²) in [6, 6.07) is 11.7. The Morgan fingerprint density at radius 3 is 2.89 bits per heavy atom. The lowest BCUT2D eigenvalue weighted by molar-refractivity contribution is 0.0951. The van der Waals surface area contributed by atoms with Crippen molar-refractivity contribution in [2.45, 2.75) is 22.7 Å². The minimum absolute atomic E-state index is 0.0354. The number of allylic oxidation sites excluding steroid dienone is 1. The van der Waals surface area contributed by atoms with Crippen LogP contribution in [-0.2, 0) is 16.6 Å². The number of amides is 1. The van der Waals surface area contributed by atoms with Crippen molar-refractivity contribution in [3.63, 3.8) is 0 Å². The van der Waals surface area contributed by atoms with Gasteiger partial charge in [0.2, 0.25) is 5.88 Å². The van der Waals surface area contributed by atoms with Crippen molar-refractivity contribution < 1.29 is 17.9 Å². The molecule has 1 aromatic carbocycles. The van der Waals surface area contributed by atoms with Crippen LogP contribution in [0, 0.1) is 0 Å². The Hall–Kier alpha value is -3.41. The van der Waals surface area contributed by atoms with E-state index in [2.05, 4.69) is 32.2 Å². The number of hydrogen-bond acceptors (Lipinski definition) is 8. The minimum atomic E-state index is -4.02. The first-order chi connectivity index (χ1) is 17.4. The molecule has 3 aliphatic heterocycles. The van der Waals surface area contributed by atoms with E-state index in [4.69, 9.17) is 4.74 Å². The normalized spacial score (nSPS) is 21.9. The lowest BCUT2D eigenvalue weighted by atomic mass is 10.0. The van der Waals surface area contributed by atoms with Crippen LogP contribution in [0.4, 0.5) is 5.69 Å². The standard InChI is InChI=1S/C25H20N4O4S3/c1-33-25-20-10-15(12-28-25)22-11-19-23(35-22)18(7-8-26-19)21-6-5-16(34-21)13-27-24(30)14-3-2-4-17(9-14)36(31,32)29-20/h2-12,19,23,29H,13H2,1H3,(H,27,30). The SMILES string of the molecule is COc1ncc2cc1NS(=O)(=O)c1cccc(c1)C(=O)NCc1ccc(s1)C1=CC=NC3C=C2SC13. The van der Waals surface area contributed by atoms with E-state index < -0.39 is 10.0 Å². The Morgan fingerprint density at radius 1 is 1.14 bits per heavy atom. The van der Waals surface area contributed by atoms with Crippen molar-refractivity contribution in [2.24, 2.45) is 4.99 Å². The van der Waals surface area contributed by atoms with Crippen molar-refractivity contribution in [3.8, 4) is 5.88 Å². The fraction of sp³-hybridized carbons (Fsp3) is 0.160. The molecule has 2 unspecified atom stereocenters. The third-order valence-corrected chi connectivity index (χ3v) is 9.96. The highest BCUT2D eigenvalue weighted by atomic mass is 32.2. The smallest absolute Gasteiger partial charge is 0.262 e. The first kappa shape index (κ1) is 23.0. The molecule has 3 aliphatic rings. The number of carbonyl (C=O) groups is 1. The average molecular weight is 537 g/mol. The van der Waals surface area contributed by atoms with Crippen molar-refractivity contribution in [2.75, 3.05) is 11.8 Å². The molecule has 8 nitrogen and oxygen atoms in total. The van der Waals surface area contributed by atoms with E-state index in [9.17, 15) is 13.2 Å². The highest BCUT2D eigenvalue weighted by Gasteiger charge is 2.34. The number of aromatic nitrogens is 1. The van der Waals surface area contributed by atoms with Crippen LogP contribution in [-0.4, -0.2) is 43.9 Å². The molecule has 0 radical (unpaired) electrons. The molecule has 6 rings (SSSR count). The van der Waals surface area contributed by atoms with E-state index in [1.165, 1.54) is 24.8 Å². The van der Waals surface area contributed by atoms with Gasteiger partial charge in [-0.25, -0.2) is 13.4 Å². The van der Waals surface area contributed by atoms with Gasteiger partial charge < -0.3 is 10.1 Å². The number of aliphatic imine (C=N–C) groups is 1. The lowest BCUT2D eigenvalue weighted by Crippen LogP contribution is -2.23. The van der Waals surface area contributed by atoms with Crippen LogP contribution in [0.3, 0.4) is 0 Å². The summed E-state index contributed by atoms with van der Waals surface area (Å²) >= 11 is 3.31. The summed E-state index contributed by atoms with van der Waals surface area (Å²) in [5.41, 5.74) is 2.40. The quantitative estimate of drug-likeness (QED) is 0.483. The molecular formula is C25H20N4O4S3. The van der Waals surface area contributed by atoms with Gasteiger partial charge >= 0.3 is 0 Å². The van der Waals surface area contributed by atoms with Crippen LogP contribution < -0.4 is 14.8 Å². The Kier molecular flexibility index (Phi) is 5.70. The van der Waals surface area contributed by atoms with Crippen molar-refractivity contribution in [1.82, 2.24) is 10.3 Å². The first-order valence-corrected chi connectivity index (χ1v) is 14.3. The number of sulfonamides is 1. The highest BCUT2D eigenvalue weighted by molar-refractivity contribution is 8.09. The largest absolute Gasteiger partial charge is 0.480 e. The number of benzene rings is 1. The van der Waals surface area contributed by atoms with Crippen molar-refractivity contribution in [1.29, 1.82) is 0 Å². The maximum Gasteiger partial charge on any atom is 0.262 e. The molecule has 11 heteroatoms. The Morgan fingerprint density at radius 2 is 2.03 bits per heavy atom. The molecule has 0 spiro atoms. The number of thioether (sulfide) groups is 1. The topological polar surface area (TPSA) is 110 Å². The number of hydrogen-bond donors (Lipinski definition) is 2. The number of anilines is 1. The van der Waals surface area contributed by atoms with Gasteiger partial charge in [-0.15, -0.1) is 23.1 Å². The van der Waals surface area contributed by atoms with E-state index in [1.807, 2.05) is 18.4 Å². The van der Waals surface area contributed by atoms with Gasteiger partial charge in [0.05, 0.1) is 29.8 Å². The molecule has 2 atom stereocenters. The molecule has 0 aliphatic carbocycles. The van der Waals surface area contributed by atoms with Crippen molar-refractivity contribution >= 4 is 61.4 Å². The van der Waals surface area contributed by atoms with Crippen LogP contribution in [0.15, 0.2) is 70.7 Å². The fourth-order valence-corrected chi connectivity index (χ4v) is 7.83. The number of fused-ring (bicyclic) bond motifs is 9. The summed E-state index contributed by atoms with van der Waals surface area (Å²) in [7, 11) is -2.59. The van der Waals surface area contributed by atoms with Gasteiger partial charge in [-0.1, -0.05) is 6.07 Å². The zero-order valence-electron chi connectivity index (χ0n) is 19.0.